The van der Waals surface area contributed by atoms with Gasteiger partial charge in [0.15, 0.2) is 9.84 Å². The summed E-state index contributed by atoms with van der Waals surface area (Å²) in [6, 6.07) is 5.78. The summed E-state index contributed by atoms with van der Waals surface area (Å²) in [4.78, 5) is 27.3. The van der Waals surface area contributed by atoms with Gasteiger partial charge >= 0.3 is 0 Å². The highest BCUT2D eigenvalue weighted by atomic mass is 32.2. The van der Waals surface area contributed by atoms with Gasteiger partial charge in [-0.3, -0.25) is 9.59 Å². The van der Waals surface area contributed by atoms with E-state index in [1.54, 1.807) is 17.0 Å². The molecule has 1 heterocycles. The van der Waals surface area contributed by atoms with Crippen LogP contribution in [-0.2, 0) is 14.6 Å². The third kappa shape index (κ3) is 4.26. The fraction of sp³-hybridized carbons (Fsp3) is 0.579. The minimum Gasteiger partial charge on any atom is -0.352 e. The number of nitrogens with one attached hydrogen (secondary N) is 1. The molecule has 26 heavy (non-hydrogen) atoms. The van der Waals surface area contributed by atoms with Gasteiger partial charge in [0, 0.05) is 24.4 Å². The average molecular weight is 378 g/mol. The number of rotatable bonds is 4. The topological polar surface area (TPSA) is 83.6 Å². The molecule has 1 N–H and O–H groups in total. The van der Waals surface area contributed by atoms with Crippen LogP contribution in [0, 0.1) is 0 Å². The number of benzene rings is 1. The quantitative estimate of drug-likeness (QED) is 0.870. The number of likely N-dealkylation sites (tertiary alicyclic amines) is 1. The molecule has 1 aliphatic carbocycles. The maximum atomic E-state index is 12.9. The molecule has 142 valence electrons. The lowest BCUT2D eigenvalue weighted by molar-refractivity contribution is -0.125. The summed E-state index contributed by atoms with van der Waals surface area (Å²) in [5, 5.41) is 3.10. The number of sulfone groups is 1. The number of amides is 2. The molecule has 2 fully saturated rings. The van der Waals surface area contributed by atoms with E-state index in [9.17, 15) is 18.0 Å². The molecule has 0 radical (unpaired) electrons. The van der Waals surface area contributed by atoms with Crippen molar-refractivity contribution in [1.82, 2.24) is 10.2 Å². The Labute approximate surface area is 154 Å². The van der Waals surface area contributed by atoms with Crippen LogP contribution in [0.2, 0.25) is 0 Å². The molecule has 2 amide bonds. The molecule has 0 unspecified atom stereocenters. The van der Waals surface area contributed by atoms with Gasteiger partial charge in [0.05, 0.1) is 4.90 Å². The van der Waals surface area contributed by atoms with Crippen LogP contribution >= 0.6 is 0 Å². The summed E-state index contributed by atoms with van der Waals surface area (Å²) >= 11 is 0. The zero-order chi connectivity index (χ0) is 18.7. The van der Waals surface area contributed by atoms with Crippen molar-refractivity contribution in [3.63, 3.8) is 0 Å². The van der Waals surface area contributed by atoms with E-state index in [0.717, 1.165) is 38.4 Å². The standard InChI is InChI=1S/C19H26N2O4S/c1-26(24,25)16-10-5-7-14(13-16)19(23)21-12-6-11-17(21)18(22)20-15-8-3-2-4-9-15/h5,7,10,13,15,17H,2-4,6,8-9,11-12H2,1H3,(H,20,22)/t17-/m1/s1. The van der Waals surface area contributed by atoms with Crippen LogP contribution < -0.4 is 5.32 Å². The van der Waals surface area contributed by atoms with E-state index in [0.29, 0.717) is 18.5 Å². The predicted octanol–water partition coefficient (Wildman–Crippen LogP) is 2.14. The zero-order valence-corrected chi connectivity index (χ0v) is 15.9. The Morgan fingerprint density at radius 1 is 1.08 bits per heavy atom. The minimum absolute atomic E-state index is 0.0815. The number of hydrogen-bond donors (Lipinski definition) is 1. The molecule has 1 aromatic carbocycles. The molecule has 2 aliphatic rings. The molecule has 0 aromatic heterocycles. The Morgan fingerprint density at radius 2 is 1.81 bits per heavy atom. The molecule has 1 saturated heterocycles. The summed E-state index contributed by atoms with van der Waals surface area (Å²) in [5.74, 6) is -0.362. The van der Waals surface area contributed by atoms with Gasteiger partial charge in [-0.2, -0.15) is 0 Å². The molecule has 0 spiro atoms. The maximum Gasteiger partial charge on any atom is 0.254 e. The monoisotopic (exact) mass is 378 g/mol. The van der Waals surface area contributed by atoms with E-state index in [2.05, 4.69) is 5.32 Å². The zero-order valence-electron chi connectivity index (χ0n) is 15.1. The Hall–Kier alpha value is -1.89. The van der Waals surface area contributed by atoms with Gasteiger partial charge in [0.1, 0.15) is 6.04 Å². The van der Waals surface area contributed by atoms with E-state index in [1.165, 1.54) is 18.6 Å². The summed E-state index contributed by atoms with van der Waals surface area (Å²) in [5.41, 5.74) is 0.310. The smallest absolute Gasteiger partial charge is 0.254 e. The first kappa shape index (κ1) is 18.9. The molecule has 1 aliphatic heterocycles. The highest BCUT2D eigenvalue weighted by Gasteiger charge is 2.35. The maximum absolute atomic E-state index is 12.9. The second-order valence-corrected chi connectivity index (χ2v) is 9.32. The highest BCUT2D eigenvalue weighted by molar-refractivity contribution is 7.90. The van der Waals surface area contributed by atoms with Crippen LogP contribution in [0.4, 0.5) is 0 Å². The number of hydrogen-bond acceptors (Lipinski definition) is 4. The van der Waals surface area contributed by atoms with Gasteiger partial charge in [0.2, 0.25) is 5.91 Å². The van der Waals surface area contributed by atoms with Crippen molar-refractivity contribution >= 4 is 21.7 Å². The summed E-state index contributed by atoms with van der Waals surface area (Å²) in [7, 11) is -3.38. The van der Waals surface area contributed by atoms with Crippen molar-refractivity contribution in [1.29, 1.82) is 0 Å². The van der Waals surface area contributed by atoms with Crippen molar-refractivity contribution in [3.8, 4) is 0 Å². The van der Waals surface area contributed by atoms with Crippen LogP contribution in [0.5, 0.6) is 0 Å². The van der Waals surface area contributed by atoms with Gasteiger partial charge in [-0.05, 0) is 43.9 Å². The largest absolute Gasteiger partial charge is 0.352 e. The SMILES string of the molecule is CS(=O)(=O)c1cccc(C(=O)N2CCC[C@@H]2C(=O)NC2CCCCC2)c1. The first-order valence-corrected chi connectivity index (χ1v) is 11.2. The van der Waals surface area contributed by atoms with Crippen LogP contribution in [0.15, 0.2) is 29.2 Å². The predicted molar refractivity (Wildman–Crippen MR) is 98.6 cm³/mol. The minimum atomic E-state index is -3.38. The highest BCUT2D eigenvalue weighted by Crippen LogP contribution is 2.23. The van der Waals surface area contributed by atoms with Gasteiger partial charge < -0.3 is 10.2 Å². The van der Waals surface area contributed by atoms with Gasteiger partial charge in [-0.25, -0.2) is 8.42 Å². The molecule has 0 bridgehead atoms. The number of nitrogens with zero attached hydrogens (tertiary/aromatic N) is 1. The summed E-state index contributed by atoms with van der Waals surface area (Å²) in [6.45, 7) is 0.519. The van der Waals surface area contributed by atoms with Crippen molar-refractivity contribution < 1.29 is 18.0 Å². The van der Waals surface area contributed by atoms with E-state index >= 15 is 0 Å². The van der Waals surface area contributed by atoms with Gasteiger partial charge in [0.25, 0.3) is 5.91 Å². The lowest BCUT2D eigenvalue weighted by atomic mass is 9.95. The normalized spacial score (nSPS) is 21.6. The average Bonchev–Trinajstić information content (AvgIpc) is 3.11. The van der Waals surface area contributed by atoms with Crippen LogP contribution in [0.3, 0.4) is 0 Å². The molecule has 3 rings (SSSR count). The van der Waals surface area contributed by atoms with Gasteiger partial charge in [-0.15, -0.1) is 0 Å². The molecular weight excluding hydrogens is 352 g/mol. The molecule has 1 aromatic rings. The van der Waals surface area contributed by atoms with Gasteiger partial charge in [-0.1, -0.05) is 25.3 Å². The molecule has 6 nitrogen and oxygen atoms in total. The lowest BCUT2D eigenvalue weighted by Crippen LogP contribution is -2.49. The van der Waals surface area contributed by atoms with Crippen molar-refractivity contribution in [2.45, 2.75) is 61.9 Å². The molecule has 1 saturated carbocycles. The summed E-state index contributed by atoms with van der Waals surface area (Å²) in [6.07, 6.45) is 8.04. The van der Waals surface area contributed by atoms with E-state index in [1.807, 2.05) is 0 Å². The van der Waals surface area contributed by atoms with E-state index < -0.39 is 15.9 Å². The van der Waals surface area contributed by atoms with Crippen LogP contribution in [-0.4, -0.2) is 50.0 Å². The third-order valence-electron chi connectivity index (χ3n) is 5.28. The van der Waals surface area contributed by atoms with Crippen molar-refractivity contribution in [2.24, 2.45) is 0 Å². The number of carbonyl (C=O) groups is 2. The fourth-order valence-corrected chi connectivity index (χ4v) is 4.52. The third-order valence-corrected chi connectivity index (χ3v) is 6.39. The van der Waals surface area contributed by atoms with Crippen LogP contribution in [0.1, 0.15) is 55.3 Å². The van der Waals surface area contributed by atoms with Crippen molar-refractivity contribution in [2.75, 3.05) is 12.8 Å². The van der Waals surface area contributed by atoms with E-state index in [-0.39, 0.29) is 22.8 Å². The van der Waals surface area contributed by atoms with Crippen LogP contribution in [0.25, 0.3) is 0 Å². The molecule has 7 heteroatoms. The first-order valence-electron chi connectivity index (χ1n) is 9.28. The Balaban J connectivity index is 1.73. The number of carbonyl (C=O) groups excluding carboxylic acids is 2. The second-order valence-electron chi connectivity index (χ2n) is 7.30. The second kappa shape index (κ2) is 7.78. The molecular formula is C19H26N2O4S. The Kier molecular flexibility index (Phi) is 5.65. The van der Waals surface area contributed by atoms with E-state index in [4.69, 9.17) is 0 Å². The Morgan fingerprint density at radius 3 is 2.50 bits per heavy atom. The Bertz CT molecular complexity index is 784. The lowest BCUT2D eigenvalue weighted by Gasteiger charge is -2.28. The first-order chi connectivity index (χ1) is 12.4. The fourth-order valence-electron chi connectivity index (χ4n) is 3.85. The molecule has 1 atom stereocenters. The summed E-state index contributed by atoms with van der Waals surface area (Å²) < 4.78 is 23.5. The van der Waals surface area contributed by atoms with Crippen molar-refractivity contribution in [3.05, 3.63) is 29.8 Å².